The molecule has 2 heterocycles. The SMILES string of the molecule is CCC1OCCC1CNS(=O)(=O)c1c(CNC)n[nH]c1C. The van der Waals surface area contributed by atoms with E-state index in [9.17, 15) is 8.42 Å². The average Bonchev–Trinajstić information content (AvgIpc) is 3.03. The van der Waals surface area contributed by atoms with Crippen LogP contribution < -0.4 is 10.0 Å². The van der Waals surface area contributed by atoms with E-state index in [0.29, 0.717) is 31.1 Å². The lowest BCUT2D eigenvalue weighted by Gasteiger charge is -2.17. The summed E-state index contributed by atoms with van der Waals surface area (Å²) in [6.07, 6.45) is 1.95. The number of ether oxygens (including phenoxy) is 1. The molecule has 1 aromatic heterocycles. The van der Waals surface area contributed by atoms with Crippen molar-refractivity contribution in [3.05, 3.63) is 11.4 Å². The van der Waals surface area contributed by atoms with Gasteiger partial charge in [-0.05, 0) is 26.8 Å². The first kappa shape index (κ1) is 16.4. The van der Waals surface area contributed by atoms with Crippen LogP contribution in [-0.4, -0.2) is 44.9 Å². The lowest BCUT2D eigenvalue weighted by Crippen LogP contribution is -2.33. The Morgan fingerprint density at radius 1 is 1.48 bits per heavy atom. The Morgan fingerprint density at radius 3 is 2.90 bits per heavy atom. The molecule has 0 aromatic carbocycles. The van der Waals surface area contributed by atoms with Gasteiger partial charge in [0.1, 0.15) is 4.90 Å². The zero-order chi connectivity index (χ0) is 15.5. The van der Waals surface area contributed by atoms with E-state index in [4.69, 9.17) is 4.74 Å². The minimum atomic E-state index is -3.56. The number of hydrogen-bond donors (Lipinski definition) is 3. The van der Waals surface area contributed by atoms with Crippen LogP contribution in [0.4, 0.5) is 0 Å². The standard InChI is InChI=1S/C13H24N4O3S/c1-4-12-10(5-6-20-12)7-15-21(18,19)13-9(2)16-17-11(13)8-14-3/h10,12,14-15H,4-8H2,1-3H3,(H,16,17). The van der Waals surface area contributed by atoms with Crippen LogP contribution in [0.15, 0.2) is 4.90 Å². The Labute approximate surface area is 125 Å². The lowest BCUT2D eigenvalue weighted by atomic mass is 10.0. The normalized spacial score (nSPS) is 22.8. The number of hydrogen-bond acceptors (Lipinski definition) is 5. The molecule has 0 aliphatic carbocycles. The summed E-state index contributed by atoms with van der Waals surface area (Å²) in [5, 5.41) is 9.72. The molecule has 8 heteroatoms. The van der Waals surface area contributed by atoms with Crippen molar-refractivity contribution in [3.8, 4) is 0 Å². The third kappa shape index (κ3) is 3.63. The van der Waals surface area contributed by atoms with Gasteiger partial charge in [-0.3, -0.25) is 5.10 Å². The van der Waals surface area contributed by atoms with Gasteiger partial charge in [-0.15, -0.1) is 0 Å². The molecule has 1 aliphatic rings. The first-order valence-corrected chi connectivity index (χ1v) is 8.77. The number of aryl methyl sites for hydroxylation is 1. The summed E-state index contributed by atoms with van der Waals surface area (Å²) >= 11 is 0. The maximum absolute atomic E-state index is 12.5. The van der Waals surface area contributed by atoms with Gasteiger partial charge in [0.15, 0.2) is 0 Å². The van der Waals surface area contributed by atoms with E-state index >= 15 is 0 Å². The van der Waals surface area contributed by atoms with Crippen molar-refractivity contribution < 1.29 is 13.2 Å². The third-order valence-corrected chi connectivity index (χ3v) is 5.48. The third-order valence-electron chi connectivity index (χ3n) is 3.86. The fraction of sp³-hybridized carbons (Fsp3) is 0.769. The van der Waals surface area contributed by atoms with Crippen molar-refractivity contribution >= 4 is 10.0 Å². The van der Waals surface area contributed by atoms with Crippen molar-refractivity contribution in [1.29, 1.82) is 0 Å². The van der Waals surface area contributed by atoms with E-state index in [0.717, 1.165) is 12.8 Å². The van der Waals surface area contributed by atoms with Gasteiger partial charge in [-0.25, -0.2) is 13.1 Å². The summed E-state index contributed by atoms with van der Waals surface area (Å²) in [6.45, 7) is 5.30. The van der Waals surface area contributed by atoms with Crippen LogP contribution in [0.2, 0.25) is 0 Å². The largest absolute Gasteiger partial charge is 0.378 e. The maximum atomic E-state index is 12.5. The number of nitrogens with one attached hydrogen (secondary N) is 3. The van der Waals surface area contributed by atoms with Crippen molar-refractivity contribution in [2.45, 2.75) is 44.2 Å². The second kappa shape index (κ2) is 6.87. The van der Waals surface area contributed by atoms with Crippen molar-refractivity contribution in [2.24, 2.45) is 5.92 Å². The van der Waals surface area contributed by atoms with Crippen LogP contribution in [0.1, 0.15) is 31.2 Å². The number of nitrogens with zero attached hydrogens (tertiary/aromatic N) is 1. The van der Waals surface area contributed by atoms with E-state index in [1.165, 1.54) is 0 Å². The average molecular weight is 316 g/mol. The minimum absolute atomic E-state index is 0.148. The number of aromatic nitrogens is 2. The smallest absolute Gasteiger partial charge is 0.244 e. The summed E-state index contributed by atoms with van der Waals surface area (Å²) in [5.41, 5.74) is 1.07. The van der Waals surface area contributed by atoms with Gasteiger partial charge in [0.25, 0.3) is 0 Å². The van der Waals surface area contributed by atoms with E-state index in [1.807, 2.05) is 0 Å². The molecule has 2 rings (SSSR count). The first-order valence-electron chi connectivity index (χ1n) is 7.29. The van der Waals surface area contributed by atoms with Crippen molar-refractivity contribution in [1.82, 2.24) is 20.2 Å². The molecule has 2 atom stereocenters. The van der Waals surface area contributed by atoms with Gasteiger partial charge in [0.2, 0.25) is 10.0 Å². The Bertz CT molecular complexity index is 570. The highest BCUT2D eigenvalue weighted by Crippen LogP contribution is 2.24. The predicted molar refractivity (Wildman–Crippen MR) is 79.4 cm³/mol. The van der Waals surface area contributed by atoms with E-state index < -0.39 is 10.0 Å². The number of rotatable bonds is 7. The Morgan fingerprint density at radius 2 is 2.24 bits per heavy atom. The summed E-state index contributed by atoms with van der Waals surface area (Å²) in [4.78, 5) is 0.254. The van der Waals surface area contributed by atoms with E-state index in [1.54, 1.807) is 14.0 Å². The van der Waals surface area contributed by atoms with Gasteiger partial charge >= 0.3 is 0 Å². The molecule has 0 spiro atoms. The van der Waals surface area contributed by atoms with Gasteiger partial charge in [0, 0.05) is 25.6 Å². The van der Waals surface area contributed by atoms with Crippen LogP contribution in [0.3, 0.4) is 0 Å². The minimum Gasteiger partial charge on any atom is -0.378 e. The molecule has 0 saturated carbocycles. The molecule has 0 bridgehead atoms. The summed E-state index contributed by atoms with van der Waals surface area (Å²) < 4.78 is 33.3. The molecule has 2 unspecified atom stereocenters. The molecule has 1 saturated heterocycles. The molecule has 1 aliphatic heterocycles. The predicted octanol–water partition coefficient (Wildman–Crippen LogP) is 0.531. The molecule has 7 nitrogen and oxygen atoms in total. The van der Waals surface area contributed by atoms with E-state index in [-0.39, 0.29) is 16.9 Å². The molecular weight excluding hydrogens is 292 g/mol. The van der Waals surface area contributed by atoms with E-state index in [2.05, 4.69) is 27.2 Å². The quantitative estimate of drug-likeness (QED) is 0.682. The molecular formula is C13H24N4O3S. The number of aromatic amines is 1. The Kier molecular flexibility index (Phi) is 5.37. The second-order valence-electron chi connectivity index (χ2n) is 5.37. The van der Waals surface area contributed by atoms with Crippen LogP contribution in [0, 0.1) is 12.8 Å². The maximum Gasteiger partial charge on any atom is 0.244 e. The number of H-pyrrole nitrogens is 1. The molecule has 21 heavy (non-hydrogen) atoms. The highest BCUT2D eigenvalue weighted by Gasteiger charge is 2.30. The van der Waals surface area contributed by atoms with Crippen LogP contribution in [0.5, 0.6) is 0 Å². The van der Waals surface area contributed by atoms with Crippen molar-refractivity contribution in [3.63, 3.8) is 0 Å². The summed E-state index contributed by atoms with van der Waals surface area (Å²) in [5.74, 6) is 0.240. The Balaban J connectivity index is 2.10. The van der Waals surface area contributed by atoms with Gasteiger partial charge in [-0.1, -0.05) is 6.92 Å². The monoisotopic (exact) mass is 316 g/mol. The van der Waals surface area contributed by atoms with Crippen LogP contribution in [0.25, 0.3) is 0 Å². The fourth-order valence-corrected chi connectivity index (χ4v) is 4.23. The Hall–Kier alpha value is -0.960. The molecule has 120 valence electrons. The molecule has 1 fully saturated rings. The fourth-order valence-electron chi connectivity index (χ4n) is 2.78. The molecule has 0 amide bonds. The van der Waals surface area contributed by atoms with Crippen LogP contribution >= 0.6 is 0 Å². The topological polar surface area (TPSA) is 96.1 Å². The summed E-state index contributed by atoms with van der Waals surface area (Å²) in [7, 11) is -1.80. The summed E-state index contributed by atoms with van der Waals surface area (Å²) in [6, 6.07) is 0. The van der Waals surface area contributed by atoms with Crippen LogP contribution in [-0.2, 0) is 21.3 Å². The van der Waals surface area contributed by atoms with Crippen molar-refractivity contribution in [2.75, 3.05) is 20.2 Å². The zero-order valence-corrected chi connectivity index (χ0v) is 13.6. The molecule has 3 N–H and O–H groups in total. The van der Waals surface area contributed by atoms with Gasteiger partial charge in [0.05, 0.1) is 17.5 Å². The first-order chi connectivity index (χ1) is 9.99. The second-order valence-corrected chi connectivity index (χ2v) is 7.08. The molecule has 1 aromatic rings. The molecule has 0 radical (unpaired) electrons. The lowest BCUT2D eigenvalue weighted by molar-refractivity contribution is 0.0884. The van der Waals surface area contributed by atoms with Gasteiger partial charge < -0.3 is 10.1 Å². The zero-order valence-electron chi connectivity index (χ0n) is 12.8. The highest BCUT2D eigenvalue weighted by atomic mass is 32.2. The highest BCUT2D eigenvalue weighted by molar-refractivity contribution is 7.89. The number of sulfonamides is 1. The van der Waals surface area contributed by atoms with Gasteiger partial charge in [-0.2, -0.15) is 5.10 Å².